The largest absolute Gasteiger partial charge is 0.480 e. The normalized spacial score (nSPS) is 15.1. The second-order valence-electron chi connectivity index (χ2n) is 2.90. The maximum absolute atomic E-state index is 11.0. The SMILES string of the molecule is NS(=O)(=O)c1cnc2c(c1)OCC(=O)N2. The van der Waals surface area contributed by atoms with E-state index in [0.29, 0.717) is 0 Å². The van der Waals surface area contributed by atoms with Crippen LogP contribution >= 0.6 is 0 Å². The molecule has 2 rings (SSSR count). The number of amides is 1. The molecule has 1 aliphatic rings. The van der Waals surface area contributed by atoms with Crippen LogP contribution in [0, 0.1) is 0 Å². The number of rotatable bonds is 1. The summed E-state index contributed by atoms with van der Waals surface area (Å²) in [5, 5.41) is 7.33. The number of carbonyl (C=O) groups excluding carboxylic acids is 1. The molecule has 80 valence electrons. The second kappa shape index (κ2) is 3.17. The van der Waals surface area contributed by atoms with Crippen LogP contribution in [-0.2, 0) is 14.8 Å². The van der Waals surface area contributed by atoms with Crippen molar-refractivity contribution in [3.63, 3.8) is 0 Å². The highest BCUT2D eigenvalue weighted by Gasteiger charge is 2.19. The molecule has 0 radical (unpaired) electrons. The standard InChI is InChI=1S/C7H7N3O4S/c8-15(12,13)4-1-5-7(9-2-4)10-6(11)3-14-5/h1-2H,3H2,(H2,8,12,13)(H,9,10,11). The van der Waals surface area contributed by atoms with Crippen molar-refractivity contribution in [2.45, 2.75) is 4.90 Å². The van der Waals surface area contributed by atoms with E-state index in [1.165, 1.54) is 6.07 Å². The number of nitrogens with zero attached hydrogens (tertiary/aromatic N) is 1. The van der Waals surface area contributed by atoms with Gasteiger partial charge in [-0.2, -0.15) is 0 Å². The lowest BCUT2D eigenvalue weighted by atomic mass is 10.4. The molecule has 0 unspecified atom stereocenters. The lowest BCUT2D eigenvalue weighted by Gasteiger charge is -2.16. The molecule has 0 aliphatic carbocycles. The van der Waals surface area contributed by atoms with E-state index in [-0.39, 0.29) is 29.0 Å². The number of hydrogen-bond donors (Lipinski definition) is 2. The fraction of sp³-hybridized carbons (Fsp3) is 0.143. The predicted octanol–water partition coefficient (Wildman–Crippen LogP) is -0.940. The third-order valence-corrected chi connectivity index (χ3v) is 2.65. The molecular weight excluding hydrogens is 222 g/mol. The number of hydrogen-bond acceptors (Lipinski definition) is 5. The highest BCUT2D eigenvalue weighted by molar-refractivity contribution is 7.89. The van der Waals surface area contributed by atoms with Gasteiger partial charge in [0.2, 0.25) is 10.0 Å². The summed E-state index contributed by atoms with van der Waals surface area (Å²) in [7, 11) is -3.81. The summed E-state index contributed by atoms with van der Waals surface area (Å²) in [4.78, 5) is 14.5. The highest BCUT2D eigenvalue weighted by atomic mass is 32.2. The summed E-state index contributed by atoms with van der Waals surface area (Å²) in [5.41, 5.74) is 0. The zero-order valence-corrected chi connectivity index (χ0v) is 8.24. The molecule has 0 bridgehead atoms. The van der Waals surface area contributed by atoms with E-state index in [1.807, 2.05) is 0 Å². The Labute approximate surface area is 85.3 Å². The van der Waals surface area contributed by atoms with Crippen LogP contribution in [0.5, 0.6) is 5.75 Å². The molecule has 1 aromatic heterocycles. The minimum absolute atomic E-state index is 0.155. The molecule has 7 nitrogen and oxygen atoms in total. The Kier molecular flexibility index (Phi) is 2.09. The van der Waals surface area contributed by atoms with Gasteiger partial charge in [-0.1, -0.05) is 0 Å². The fourth-order valence-corrected chi connectivity index (χ4v) is 1.57. The summed E-state index contributed by atoms with van der Waals surface area (Å²) in [6.07, 6.45) is 1.06. The van der Waals surface area contributed by atoms with Gasteiger partial charge in [-0.25, -0.2) is 18.5 Å². The van der Waals surface area contributed by atoms with Crippen molar-refractivity contribution in [1.82, 2.24) is 4.98 Å². The molecule has 0 saturated heterocycles. The van der Waals surface area contributed by atoms with E-state index in [4.69, 9.17) is 9.88 Å². The first-order valence-corrected chi connectivity index (χ1v) is 5.47. The zero-order chi connectivity index (χ0) is 11.1. The topological polar surface area (TPSA) is 111 Å². The van der Waals surface area contributed by atoms with Crippen molar-refractivity contribution in [2.75, 3.05) is 11.9 Å². The van der Waals surface area contributed by atoms with Gasteiger partial charge in [0.15, 0.2) is 18.2 Å². The second-order valence-corrected chi connectivity index (χ2v) is 4.46. The van der Waals surface area contributed by atoms with Crippen LogP contribution in [0.15, 0.2) is 17.2 Å². The van der Waals surface area contributed by atoms with Gasteiger partial charge in [0, 0.05) is 12.3 Å². The molecule has 0 spiro atoms. The average Bonchev–Trinajstić information content (AvgIpc) is 2.15. The Hall–Kier alpha value is -1.67. The molecule has 8 heteroatoms. The van der Waals surface area contributed by atoms with Crippen molar-refractivity contribution in [1.29, 1.82) is 0 Å². The Morgan fingerprint density at radius 3 is 2.93 bits per heavy atom. The number of primary sulfonamides is 1. The van der Waals surface area contributed by atoms with E-state index < -0.39 is 10.0 Å². The molecule has 0 fully saturated rings. The third-order valence-electron chi connectivity index (χ3n) is 1.77. The van der Waals surface area contributed by atoms with Crippen molar-refractivity contribution >= 4 is 21.7 Å². The molecule has 1 amide bonds. The van der Waals surface area contributed by atoms with E-state index in [1.54, 1.807) is 0 Å². The van der Waals surface area contributed by atoms with E-state index in [2.05, 4.69) is 10.3 Å². The number of carbonyl (C=O) groups is 1. The lowest BCUT2D eigenvalue weighted by Crippen LogP contribution is -2.26. The zero-order valence-electron chi connectivity index (χ0n) is 7.43. The summed E-state index contributed by atoms with van der Waals surface area (Å²) >= 11 is 0. The van der Waals surface area contributed by atoms with Gasteiger partial charge in [0.05, 0.1) is 0 Å². The van der Waals surface area contributed by atoms with Gasteiger partial charge in [-0.3, -0.25) is 4.79 Å². The lowest BCUT2D eigenvalue weighted by molar-refractivity contribution is -0.118. The molecule has 1 aromatic rings. The van der Waals surface area contributed by atoms with Gasteiger partial charge in [-0.15, -0.1) is 0 Å². The van der Waals surface area contributed by atoms with Crippen LogP contribution in [0.4, 0.5) is 5.82 Å². The predicted molar refractivity (Wildman–Crippen MR) is 49.7 cm³/mol. The number of aromatic nitrogens is 1. The molecule has 3 N–H and O–H groups in total. The number of anilines is 1. The Balaban J connectivity index is 2.48. The molecule has 0 saturated carbocycles. The van der Waals surface area contributed by atoms with Crippen LogP contribution in [0.3, 0.4) is 0 Å². The molecule has 2 heterocycles. The van der Waals surface area contributed by atoms with Crippen LogP contribution in [0.1, 0.15) is 0 Å². The number of nitrogens with two attached hydrogens (primary N) is 1. The molecule has 15 heavy (non-hydrogen) atoms. The highest BCUT2D eigenvalue weighted by Crippen LogP contribution is 2.26. The van der Waals surface area contributed by atoms with Crippen molar-refractivity contribution in [3.8, 4) is 5.75 Å². The summed E-state index contributed by atoms with van der Waals surface area (Å²) < 4.78 is 26.9. The third kappa shape index (κ3) is 1.90. The van der Waals surface area contributed by atoms with Crippen molar-refractivity contribution in [2.24, 2.45) is 5.14 Å². The van der Waals surface area contributed by atoms with Gasteiger partial charge in [0.1, 0.15) is 4.90 Å². The van der Waals surface area contributed by atoms with E-state index in [9.17, 15) is 13.2 Å². The molecule has 0 aromatic carbocycles. The molecule has 0 atom stereocenters. The number of fused-ring (bicyclic) bond motifs is 1. The number of pyridine rings is 1. The fourth-order valence-electron chi connectivity index (χ4n) is 1.10. The minimum atomic E-state index is -3.81. The molecular formula is C7H7N3O4S. The monoisotopic (exact) mass is 229 g/mol. The van der Waals surface area contributed by atoms with Crippen LogP contribution in [0.25, 0.3) is 0 Å². The first-order chi connectivity index (χ1) is 6.97. The van der Waals surface area contributed by atoms with Crippen LogP contribution < -0.4 is 15.2 Å². The van der Waals surface area contributed by atoms with Crippen molar-refractivity contribution in [3.05, 3.63) is 12.3 Å². The van der Waals surface area contributed by atoms with Gasteiger partial charge >= 0.3 is 0 Å². The Morgan fingerprint density at radius 1 is 1.53 bits per heavy atom. The Bertz CT molecular complexity index is 525. The van der Waals surface area contributed by atoms with Crippen LogP contribution in [-0.4, -0.2) is 25.9 Å². The van der Waals surface area contributed by atoms with Crippen molar-refractivity contribution < 1.29 is 17.9 Å². The maximum Gasteiger partial charge on any atom is 0.263 e. The number of nitrogens with one attached hydrogen (secondary N) is 1. The number of ether oxygens (including phenoxy) is 1. The minimum Gasteiger partial charge on any atom is -0.480 e. The summed E-state index contributed by atoms with van der Waals surface area (Å²) in [6, 6.07) is 1.22. The van der Waals surface area contributed by atoms with E-state index >= 15 is 0 Å². The maximum atomic E-state index is 11.0. The van der Waals surface area contributed by atoms with Crippen LogP contribution in [0.2, 0.25) is 0 Å². The average molecular weight is 229 g/mol. The first kappa shape index (κ1) is 9.87. The summed E-state index contributed by atoms with van der Waals surface area (Å²) in [5.74, 6) is 0.0538. The summed E-state index contributed by atoms with van der Waals surface area (Å²) in [6.45, 7) is -0.164. The Morgan fingerprint density at radius 2 is 2.27 bits per heavy atom. The smallest absolute Gasteiger partial charge is 0.263 e. The van der Waals surface area contributed by atoms with Gasteiger partial charge < -0.3 is 10.1 Å². The number of sulfonamides is 1. The van der Waals surface area contributed by atoms with Gasteiger partial charge in [0.25, 0.3) is 5.91 Å². The van der Waals surface area contributed by atoms with Gasteiger partial charge in [-0.05, 0) is 0 Å². The first-order valence-electron chi connectivity index (χ1n) is 3.92. The van der Waals surface area contributed by atoms with E-state index in [0.717, 1.165) is 6.20 Å². The quantitative estimate of drug-likeness (QED) is 0.645. The molecule has 1 aliphatic heterocycles.